The van der Waals surface area contributed by atoms with Gasteiger partial charge in [0.25, 0.3) is 5.56 Å². The quantitative estimate of drug-likeness (QED) is 0.616. The predicted molar refractivity (Wildman–Crippen MR) is 113 cm³/mol. The van der Waals surface area contributed by atoms with Gasteiger partial charge in [-0.3, -0.25) is 9.69 Å². The Hall–Kier alpha value is -2.28. The van der Waals surface area contributed by atoms with E-state index in [1.54, 1.807) is 16.0 Å². The zero-order valence-electron chi connectivity index (χ0n) is 15.9. The van der Waals surface area contributed by atoms with Gasteiger partial charge in [0, 0.05) is 48.6 Å². The summed E-state index contributed by atoms with van der Waals surface area (Å²) in [6.45, 7) is 5.13. The van der Waals surface area contributed by atoms with E-state index in [2.05, 4.69) is 21.4 Å². The number of thiophene rings is 1. The van der Waals surface area contributed by atoms with Gasteiger partial charge in [0.15, 0.2) is 0 Å². The molecule has 1 saturated heterocycles. The Balaban J connectivity index is 1.57. The van der Waals surface area contributed by atoms with Crippen LogP contribution in [0.2, 0.25) is 0 Å². The highest BCUT2D eigenvalue weighted by Crippen LogP contribution is 2.19. The van der Waals surface area contributed by atoms with E-state index in [0.29, 0.717) is 13.0 Å². The Kier molecular flexibility index (Phi) is 6.31. The highest BCUT2D eigenvalue weighted by Gasteiger charge is 2.13. The van der Waals surface area contributed by atoms with Crippen molar-refractivity contribution in [1.29, 1.82) is 0 Å². The third kappa shape index (κ3) is 4.76. The van der Waals surface area contributed by atoms with Crippen molar-refractivity contribution in [2.24, 2.45) is 0 Å². The van der Waals surface area contributed by atoms with Gasteiger partial charge >= 0.3 is 0 Å². The molecule has 1 aliphatic heterocycles. The van der Waals surface area contributed by atoms with Crippen molar-refractivity contribution in [1.82, 2.24) is 14.7 Å². The van der Waals surface area contributed by atoms with Crippen molar-refractivity contribution >= 4 is 11.3 Å². The van der Waals surface area contributed by atoms with Crippen LogP contribution in [0.4, 0.5) is 0 Å². The normalized spacial score (nSPS) is 15.0. The van der Waals surface area contributed by atoms with Crippen LogP contribution in [0, 0.1) is 0 Å². The molecule has 4 rings (SSSR count). The van der Waals surface area contributed by atoms with Crippen molar-refractivity contribution in [3.63, 3.8) is 0 Å². The van der Waals surface area contributed by atoms with Crippen LogP contribution in [0.5, 0.6) is 0 Å². The van der Waals surface area contributed by atoms with Crippen molar-refractivity contribution < 1.29 is 4.74 Å². The minimum atomic E-state index is 0.0232. The van der Waals surface area contributed by atoms with Crippen LogP contribution in [0.25, 0.3) is 11.3 Å². The lowest BCUT2D eigenvalue weighted by Gasteiger charge is -2.26. The largest absolute Gasteiger partial charge is 0.379 e. The second-order valence-electron chi connectivity index (χ2n) is 7.01. The maximum Gasteiger partial charge on any atom is 0.270 e. The second kappa shape index (κ2) is 9.28. The summed E-state index contributed by atoms with van der Waals surface area (Å²) in [5, 5.41) is 6.73. The lowest BCUT2D eigenvalue weighted by Crippen LogP contribution is -2.37. The van der Waals surface area contributed by atoms with Gasteiger partial charge in [0.2, 0.25) is 0 Å². The standard InChI is InChI=1S/C22H25N3O2S/c26-22-19(16-20-8-4-15-28-20)17-21(18-6-2-1-3-7-18)23-25(22)10-5-9-24-11-13-27-14-12-24/h1-4,6-8,15,17H,5,9-14,16H2. The molecule has 0 bridgehead atoms. The maximum absolute atomic E-state index is 13.0. The zero-order chi connectivity index (χ0) is 19.2. The molecular formula is C22H25N3O2S. The molecule has 0 unspecified atom stereocenters. The molecule has 0 spiro atoms. The third-order valence-corrected chi connectivity index (χ3v) is 5.89. The molecule has 3 heterocycles. The second-order valence-corrected chi connectivity index (χ2v) is 8.05. The maximum atomic E-state index is 13.0. The fraction of sp³-hybridized carbons (Fsp3) is 0.364. The first-order valence-corrected chi connectivity index (χ1v) is 10.7. The van der Waals surface area contributed by atoms with E-state index in [9.17, 15) is 4.79 Å². The van der Waals surface area contributed by atoms with E-state index >= 15 is 0 Å². The first-order valence-electron chi connectivity index (χ1n) is 9.78. The number of aromatic nitrogens is 2. The van der Waals surface area contributed by atoms with Crippen LogP contribution in [-0.4, -0.2) is 47.5 Å². The molecule has 1 aromatic carbocycles. The van der Waals surface area contributed by atoms with E-state index < -0.39 is 0 Å². The summed E-state index contributed by atoms with van der Waals surface area (Å²) in [4.78, 5) is 16.6. The van der Waals surface area contributed by atoms with Crippen molar-refractivity contribution in [3.05, 3.63) is 74.7 Å². The zero-order valence-corrected chi connectivity index (χ0v) is 16.7. The number of ether oxygens (including phenoxy) is 1. The van der Waals surface area contributed by atoms with Crippen molar-refractivity contribution in [2.75, 3.05) is 32.8 Å². The van der Waals surface area contributed by atoms with Crippen LogP contribution in [0.3, 0.4) is 0 Å². The molecule has 28 heavy (non-hydrogen) atoms. The van der Waals surface area contributed by atoms with Crippen LogP contribution < -0.4 is 5.56 Å². The topological polar surface area (TPSA) is 47.4 Å². The number of hydrogen-bond donors (Lipinski definition) is 0. The summed E-state index contributed by atoms with van der Waals surface area (Å²) in [7, 11) is 0. The first-order chi connectivity index (χ1) is 13.8. The summed E-state index contributed by atoms with van der Waals surface area (Å²) >= 11 is 1.68. The average molecular weight is 396 g/mol. The number of aryl methyl sites for hydroxylation is 1. The fourth-order valence-corrected chi connectivity index (χ4v) is 4.22. The number of morpholine rings is 1. The number of benzene rings is 1. The highest BCUT2D eigenvalue weighted by molar-refractivity contribution is 7.09. The lowest BCUT2D eigenvalue weighted by atomic mass is 10.1. The van der Waals surface area contributed by atoms with Crippen LogP contribution in [0.15, 0.2) is 58.7 Å². The van der Waals surface area contributed by atoms with E-state index in [0.717, 1.165) is 56.1 Å². The average Bonchev–Trinajstić information content (AvgIpc) is 3.25. The summed E-state index contributed by atoms with van der Waals surface area (Å²) in [5.74, 6) is 0. The fourth-order valence-electron chi connectivity index (χ4n) is 3.49. The number of nitrogens with zero attached hydrogens (tertiary/aromatic N) is 3. The van der Waals surface area contributed by atoms with Crippen LogP contribution in [0.1, 0.15) is 16.9 Å². The first kappa shape index (κ1) is 19.1. The van der Waals surface area contributed by atoms with E-state index in [1.165, 1.54) is 4.88 Å². The Labute approximate surface area is 169 Å². The van der Waals surface area contributed by atoms with Crippen LogP contribution >= 0.6 is 11.3 Å². The van der Waals surface area contributed by atoms with Gasteiger partial charge in [-0.1, -0.05) is 36.4 Å². The highest BCUT2D eigenvalue weighted by atomic mass is 32.1. The summed E-state index contributed by atoms with van der Waals surface area (Å²) in [6, 6.07) is 16.1. The third-order valence-electron chi connectivity index (χ3n) is 5.01. The molecule has 146 valence electrons. The molecule has 5 nitrogen and oxygen atoms in total. The number of hydrogen-bond acceptors (Lipinski definition) is 5. The molecule has 2 aromatic heterocycles. The Bertz CT molecular complexity index is 932. The van der Waals surface area contributed by atoms with Gasteiger partial charge < -0.3 is 4.74 Å². The molecule has 0 aliphatic carbocycles. The summed E-state index contributed by atoms with van der Waals surface area (Å²) < 4.78 is 7.06. The summed E-state index contributed by atoms with van der Waals surface area (Å²) in [5.41, 5.74) is 2.73. The Morgan fingerprint density at radius 3 is 2.61 bits per heavy atom. The van der Waals surface area contributed by atoms with Crippen molar-refractivity contribution in [3.8, 4) is 11.3 Å². The molecule has 0 saturated carbocycles. The minimum absolute atomic E-state index is 0.0232. The van der Waals surface area contributed by atoms with Gasteiger partial charge in [0.1, 0.15) is 0 Å². The predicted octanol–water partition coefficient (Wildman–Crippen LogP) is 3.28. The molecule has 0 atom stereocenters. The van der Waals surface area contributed by atoms with Gasteiger partial charge in [-0.15, -0.1) is 11.3 Å². The molecule has 0 amide bonds. The summed E-state index contributed by atoms with van der Waals surface area (Å²) in [6.07, 6.45) is 1.56. The van der Waals surface area contributed by atoms with Gasteiger partial charge in [-0.05, 0) is 23.9 Å². The molecule has 1 fully saturated rings. The lowest BCUT2D eigenvalue weighted by molar-refractivity contribution is 0.0368. The SMILES string of the molecule is O=c1c(Cc2cccs2)cc(-c2ccccc2)nn1CCCN1CCOCC1. The monoisotopic (exact) mass is 395 g/mol. The molecule has 6 heteroatoms. The van der Waals surface area contributed by atoms with E-state index in [-0.39, 0.29) is 5.56 Å². The molecule has 0 N–H and O–H groups in total. The molecule has 3 aromatic rings. The molecule has 0 radical (unpaired) electrons. The van der Waals surface area contributed by atoms with Crippen LogP contribution in [-0.2, 0) is 17.7 Å². The van der Waals surface area contributed by atoms with E-state index in [1.807, 2.05) is 42.5 Å². The molecular weight excluding hydrogens is 370 g/mol. The van der Waals surface area contributed by atoms with Gasteiger partial charge in [-0.25, -0.2) is 4.68 Å². The molecule has 1 aliphatic rings. The number of rotatable bonds is 7. The Morgan fingerprint density at radius 2 is 1.86 bits per heavy atom. The van der Waals surface area contributed by atoms with Gasteiger partial charge in [0.05, 0.1) is 18.9 Å². The van der Waals surface area contributed by atoms with E-state index in [4.69, 9.17) is 4.74 Å². The Morgan fingerprint density at radius 1 is 1.04 bits per heavy atom. The van der Waals surface area contributed by atoms with Gasteiger partial charge in [-0.2, -0.15) is 5.10 Å². The smallest absolute Gasteiger partial charge is 0.270 e. The minimum Gasteiger partial charge on any atom is -0.379 e. The van der Waals surface area contributed by atoms with Crippen molar-refractivity contribution in [2.45, 2.75) is 19.4 Å².